The van der Waals surface area contributed by atoms with E-state index in [1.165, 1.54) is 56.9 Å². The summed E-state index contributed by atoms with van der Waals surface area (Å²) >= 11 is 0. The fourth-order valence-electron chi connectivity index (χ4n) is 2.14. The molecule has 2 heteroatoms. The molecule has 0 unspecified atom stereocenters. The lowest BCUT2D eigenvalue weighted by Crippen LogP contribution is -2.01. The number of nitrogens with one attached hydrogen (secondary N) is 1. The molecule has 102 valence electrons. The zero-order valence-corrected chi connectivity index (χ0v) is 12.0. The van der Waals surface area contributed by atoms with Gasteiger partial charge in [0.2, 0.25) is 0 Å². The van der Waals surface area contributed by atoms with Crippen LogP contribution in [0.1, 0.15) is 63.9 Å². The molecule has 1 N–H and O–H groups in total. The third-order valence-electron chi connectivity index (χ3n) is 3.23. The van der Waals surface area contributed by atoms with Gasteiger partial charge in [0, 0.05) is 18.9 Å². The Labute approximate surface area is 112 Å². The molecule has 0 spiro atoms. The van der Waals surface area contributed by atoms with Crippen LogP contribution in [0.3, 0.4) is 0 Å². The quantitative estimate of drug-likeness (QED) is 0.593. The van der Waals surface area contributed by atoms with Crippen molar-refractivity contribution in [1.82, 2.24) is 4.98 Å². The van der Waals surface area contributed by atoms with Gasteiger partial charge in [-0.15, -0.1) is 0 Å². The number of rotatable bonds is 10. The first kappa shape index (κ1) is 15.0. The van der Waals surface area contributed by atoms with Crippen molar-refractivity contribution in [2.24, 2.45) is 0 Å². The third kappa shape index (κ3) is 7.31. The predicted molar refractivity (Wildman–Crippen MR) is 80.1 cm³/mol. The lowest BCUT2D eigenvalue weighted by Gasteiger charge is -2.06. The summed E-state index contributed by atoms with van der Waals surface area (Å²) in [7, 11) is 0. The van der Waals surface area contributed by atoms with E-state index >= 15 is 0 Å². The Balaban J connectivity index is 1.92. The van der Waals surface area contributed by atoms with E-state index in [9.17, 15) is 0 Å². The number of pyridine rings is 1. The van der Waals surface area contributed by atoms with Gasteiger partial charge in [-0.05, 0) is 25.0 Å². The number of nitrogens with zero attached hydrogens (tertiary/aromatic N) is 1. The van der Waals surface area contributed by atoms with Crippen LogP contribution in [-0.4, -0.2) is 11.5 Å². The molecular formula is C16H28N2. The fourth-order valence-corrected chi connectivity index (χ4v) is 2.14. The van der Waals surface area contributed by atoms with Crippen LogP contribution in [0.5, 0.6) is 0 Å². The summed E-state index contributed by atoms with van der Waals surface area (Å²) in [5.41, 5.74) is 2.37. The molecule has 0 aliphatic heterocycles. The number of hydrogen-bond acceptors (Lipinski definition) is 2. The topological polar surface area (TPSA) is 24.9 Å². The molecule has 0 aliphatic rings. The Morgan fingerprint density at radius 1 is 0.944 bits per heavy atom. The minimum atomic E-state index is 1.07. The first-order valence-corrected chi connectivity index (χ1v) is 7.48. The van der Waals surface area contributed by atoms with Crippen molar-refractivity contribution in [1.29, 1.82) is 0 Å². The monoisotopic (exact) mass is 248 g/mol. The maximum Gasteiger partial charge on any atom is 0.0529 e. The normalized spacial score (nSPS) is 10.6. The van der Waals surface area contributed by atoms with Crippen molar-refractivity contribution in [3.8, 4) is 0 Å². The minimum absolute atomic E-state index is 1.07. The highest BCUT2D eigenvalue weighted by Gasteiger charge is 1.94. The van der Waals surface area contributed by atoms with E-state index in [4.69, 9.17) is 0 Å². The van der Waals surface area contributed by atoms with Crippen LogP contribution in [-0.2, 0) is 0 Å². The van der Waals surface area contributed by atoms with Crippen LogP contribution >= 0.6 is 0 Å². The van der Waals surface area contributed by atoms with Gasteiger partial charge in [-0.25, -0.2) is 0 Å². The minimum Gasteiger partial charge on any atom is -0.384 e. The molecule has 0 saturated carbocycles. The van der Waals surface area contributed by atoms with E-state index in [1.807, 2.05) is 12.4 Å². The second-order valence-electron chi connectivity index (χ2n) is 5.15. The molecule has 0 saturated heterocycles. The average Bonchev–Trinajstić information content (AvgIpc) is 2.37. The summed E-state index contributed by atoms with van der Waals surface area (Å²) in [4.78, 5) is 4.18. The Morgan fingerprint density at radius 3 is 2.28 bits per heavy atom. The number of anilines is 1. The Hall–Kier alpha value is -1.05. The van der Waals surface area contributed by atoms with E-state index in [1.54, 1.807) is 0 Å². The summed E-state index contributed by atoms with van der Waals surface area (Å²) in [6.45, 7) is 5.42. The molecule has 1 aromatic heterocycles. The van der Waals surface area contributed by atoms with Crippen LogP contribution in [0.2, 0.25) is 0 Å². The molecule has 1 heterocycles. The van der Waals surface area contributed by atoms with Gasteiger partial charge in [-0.2, -0.15) is 0 Å². The zero-order valence-electron chi connectivity index (χ0n) is 12.0. The largest absolute Gasteiger partial charge is 0.384 e. The molecule has 0 aliphatic carbocycles. The van der Waals surface area contributed by atoms with Crippen LogP contribution < -0.4 is 5.32 Å². The van der Waals surface area contributed by atoms with E-state index in [-0.39, 0.29) is 0 Å². The SMILES string of the molecule is CCCCCCCCCCNc1cncc(C)c1. The third-order valence-corrected chi connectivity index (χ3v) is 3.23. The van der Waals surface area contributed by atoms with Crippen molar-refractivity contribution in [2.75, 3.05) is 11.9 Å². The highest BCUT2D eigenvalue weighted by Crippen LogP contribution is 2.10. The highest BCUT2D eigenvalue weighted by atomic mass is 14.9. The Morgan fingerprint density at radius 2 is 1.61 bits per heavy atom. The summed E-state index contributed by atoms with van der Waals surface area (Å²) in [5, 5.41) is 3.43. The number of hydrogen-bond donors (Lipinski definition) is 1. The molecule has 0 atom stereocenters. The highest BCUT2D eigenvalue weighted by molar-refractivity contribution is 5.42. The first-order valence-electron chi connectivity index (χ1n) is 7.48. The van der Waals surface area contributed by atoms with Gasteiger partial charge in [0.1, 0.15) is 0 Å². The molecule has 0 fully saturated rings. The van der Waals surface area contributed by atoms with Crippen molar-refractivity contribution in [3.05, 3.63) is 24.0 Å². The van der Waals surface area contributed by atoms with Gasteiger partial charge in [-0.3, -0.25) is 4.98 Å². The standard InChI is InChI=1S/C16H28N2/c1-3-4-5-6-7-8-9-10-11-18-16-12-15(2)13-17-14-16/h12-14,18H,3-11H2,1-2H3. The lowest BCUT2D eigenvalue weighted by molar-refractivity contribution is 0.581. The van der Waals surface area contributed by atoms with E-state index in [0.717, 1.165) is 12.2 Å². The number of aryl methyl sites for hydroxylation is 1. The second kappa shape index (κ2) is 9.93. The zero-order chi connectivity index (χ0) is 13.1. The van der Waals surface area contributed by atoms with Gasteiger partial charge < -0.3 is 5.32 Å². The van der Waals surface area contributed by atoms with Gasteiger partial charge in [0.25, 0.3) is 0 Å². The molecule has 1 rings (SSSR count). The maximum atomic E-state index is 4.18. The Bertz CT molecular complexity index is 310. The predicted octanol–water partition coefficient (Wildman–Crippen LogP) is 4.94. The fraction of sp³-hybridized carbons (Fsp3) is 0.688. The van der Waals surface area contributed by atoms with Crippen molar-refractivity contribution in [2.45, 2.75) is 65.2 Å². The van der Waals surface area contributed by atoms with Gasteiger partial charge in [0.15, 0.2) is 0 Å². The van der Waals surface area contributed by atoms with E-state index in [0.29, 0.717) is 0 Å². The van der Waals surface area contributed by atoms with Crippen LogP contribution in [0, 0.1) is 6.92 Å². The lowest BCUT2D eigenvalue weighted by atomic mass is 10.1. The van der Waals surface area contributed by atoms with Crippen molar-refractivity contribution in [3.63, 3.8) is 0 Å². The average molecular weight is 248 g/mol. The number of unbranched alkanes of at least 4 members (excludes halogenated alkanes) is 7. The summed E-state index contributed by atoms with van der Waals surface area (Å²) in [5.74, 6) is 0. The molecule has 2 nitrogen and oxygen atoms in total. The summed E-state index contributed by atoms with van der Waals surface area (Å²) < 4.78 is 0. The molecular weight excluding hydrogens is 220 g/mol. The molecule has 0 amide bonds. The van der Waals surface area contributed by atoms with Crippen LogP contribution in [0.25, 0.3) is 0 Å². The van der Waals surface area contributed by atoms with E-state index in [2.05, 4.69) is 30.2 Å². The number of aromatic nitrogens is 1. The van der Waals surface area contributed by atoms with Gasteiger partial charge in [0.05, 0.1) is 5.69 Å². The molecule has 0 radical (unpaired) electrons. The Kier molecular flexibility index (Phi) is 8.28. The molecule has 0 aromatic carbocycles. The molecule has 1 aromatic rings. The first-order chi connectivity index (χ1) is 8.83. The van der Waals surface area contributed by atoms with Gasteiger partial charge >= 0.3 is 0 Å². The van der Waals surface area contributed by atoms with Crippen LogP contribution in [0.4, 0.5) is 5.69 Å². The molecule has 18 heavy (non-hydrogen) atoms. The van der Waals surface area contributed by atoms with Crippen molar-refractivity contribution >= 4 is 5.69 Å². The van der Waals surface area contributed by atoms with E-state index < -0.39 is 0 Å². The molecule has 0 bridgehead atoms. The van der Waals surface area contributed by atoms with Gasteiger partial charge in [-0.1, -0.05) is 51.9 Å². The maximum absolute atomic E-state index is 4.18. The smallest absolute Gasteiger partial charge is 0.0529 e. The van der Waals surface area contributed by atoms with Crippen LogP contribution in [0.15, 0.2) is 18.5 Å². The second-order valence-corrected chi connectivity index (χ2v) is 5.15. The summed E-state index contributed by atoms with van der Waals surface area (Å²) in [6, 6.07) is 2.15. The summed E-state index contributed by atoms with van der Waals surface area (Å²) in [6.07, 6.45) is 14.8. The van der Waals surface area contributed by atoms with Crippen molar-refractivity contribution < 1.29 is 0 Å².